The highest BCUT2D eigenvalue weighted by Gasteiger charge is 2.36. The zero-order chi connectivity index (χ0) is 34.8. The summed E-state index contributed by atoms with van der Waals surface area (Å²) >= 11 is 0. The van der Waals surface area contributed by atoms with E-state index < -0.39 is 0 Å². The van der Waals surface area contributed by atoms with Crippen LogP contribution in [0.4, 0.5) is 0 Å². The summed E-state index contributed by atoms with van der Waals surface area (Å²) in [5, 5.41) is 11.3. The van der Waals surface area contributed by atoms with Crippen molar-refractivity contribution in [3.05, 3.63) is 203 Å². The maximum atomic E-state index is 5.21. The molecule has 4 heteroatoms. The molecule has 250 valence electrons. The molecular weight excluding hydrogens is 633 g/mol. The van der Waals surface area contributed by atoms with Crippen LogP contribution in [0, 0.1) is 0 Å². The standard InChI is InChI=1S/C48H37N4/c1-48(2)41-24-13-12-23-37(41)38-29-40-39-28-34(31-15-6-3-7-16-31)25-26-43(39)52(44(40)30-42(38)48)36-22-14-21-35(27-36)47-50-45(32-17-8-4-9-18-32)49-46(51-47)33-19-10-5-11-20-33/h3-30,45-46H,1-2H3,(H,50,51)/q-1. The van der Waals surface area contributed by atoms with Gasteiger partial charge in [-0.2, -0.15) is 0 Å². The van der Waals surface area contributed by atoms with Crippen LogP contribution in [0.1, 0.15) is 54.0 Å². The van der Waals surface area contributed by atoms with Gasteiger partial charge in [-0.3, -0.25) is 4.99 Å². The Kier molecular flexibility index (Phi) is 7.02. The molecule has 0 fully saturated rings. The minimum atomic E-state index is -0.317. The Morgan fingerprint density at radius 1 is 0.538 bits per heavy atom. The van der Waals surface area contributed by atoms with Crippen LogP contribution in [0.15, 0.2) is 175 Å². The van der Waals surface area contributed by atoms with Gasteiger partial charge in [-0.05, 0) is 93.2 Å². The third-order valence-electron chi connectivity index (χ3n) is 11.0. The van der Waals surface area contributed by atoms with Gasteiger partial charge in [-0.1, -0.05) is 147 Å². The fourth-order valence-electron chi connectivity index (χ4n) is 8.34. The lowest BCUT2D eigenvalue weighted by Gasteiger charge is -2.44. The van der Waals surface area contributed by atoms with Crippen LogP contribution in [0.25, 0.3) is 55.1 Å². The molecule has 0 saturated heterocycles. The number of nitrogens with one attached hydrogen (secondary N) is 1. The Balaban J connectivity index is 1.17. The van der Waals surface area contributed by atoms with E-state index in [2.05, 4.69) is 181 Å². The third kappa shape index (κ3) is 4.90. The number of benzene rings is 7. The predicted octanol–water partition coefficient (Wildman–Crippen LogP) is 11.9. The second-order valence-corrected chi connectivity index (χ2v) is 14.4. The molecule has 0 amide bonds. The van der Waals surface area contributed by atoms with Gasteiger partial charge in [-0.15, -0.1) is 0 Å². The largest absolute Gasteiger partial charge is 0.613 e. The Labute approximate surface area is 304 Å². The second kappa shape index (κ2) is 11.9. The van der Waals surface area contributed by atoms with Gasteiger partial charge in [0.1, 0.15) is 5.84 Å². The van der Waals surface area contributed by atoms with Gasteiger partial charge in [0.25, 0.3) is 0 Å². The van der Waals surface area contributed by atoms with Crippen molar-refractivity contribution in [2.24, 2.45) is 4.99 Å². The molecule has 2 heterocycles. The van der Waals surface area contributed by atoms with Gasteiger partial charge in [0.2, 0.25) is 0 Å². The van der Waals surface area contributed by atoms with Crippen molar-refractivity contribution >= 4 is 27.6 Å². The van der Waals surface area contributed by atoms with E-state index in [9.17, 15) is 0 Å². The van der Waals surface area contributed by atoms with Gasteiger partial charge in [-0.25, -0.2) is 0 Å². The molecule has 0 saturated carbocycles. The van der Waals surface area contributed by atoms with Crippen molar-refractivity contribution in [1.82, 2.24) is 9.88 Å². The fraction of sp³-hybridized carbons (Fsp3) is 0.104. The van der Waals surface area contributed by atoms with Gasteiger partial charge >= 0.3 is 0 Å². The number of amidine groups is 1. The lowest BCUT2D eigenvalue weighted by atomic mass is 9.82. The van der Waals surface area contributed by atoms with Gasteiger partial charge in [0.05, 0.1) is 11.0 Å². The van der Waals surface area contributed by atoms with Gasteiger partial charge < -0.3 is 15.2 Å². The van der Waals surface area contributed by atoms with Crippen LogP contribution in [0.5, 0.6) is 0 Å². The first kappa shape index (κ1) is 30.6. The van der Waals surface area contributed by atoms with Crippen molar-refractivity contribution in [3.63, 3.8) is 0 Å². The third-order valence-corrected chi connectivity index (χ3v) is 11.0. The summed E-state index contributed by atoms with van der Waals surface area (Å²) < 4.78 is 2.44. The molecule has 1 aliphatic carbocycles. The molecule has 8 aromatic rings. The van der Waals surface area contributed by atoms with E-state index in [1.807, 2.05) is 12.1 Å². The van der Waals surface area contributed by atoms with E-state index in [1.54, 1.807) is 0 Å². The molecule has 0 bridgehead atoms. The fourth-order valence-corrected chi connectivity index (χ4v) is 8.34. The van der Waals surface area contributed by atoms with E-state index in [-0.39, 0.29) is 17.7 Å². The highest BCUT2D eigenvalue weighted by atomic mass is 15.3. The van der Waals surface area contributed by atoms with Crippen LogP contribution >= 0.6 is 0 Å². The Hall–Kier alpha value is -6.23. The summed E-state index contributed by atoms with van der Waals surface area (Å²) in [5.74, 6) is 0.837. The van der Waals surface area contributed by atoms with Crippen molar-refractivity contribution < 1.29 is 0 Å². The molecule has 0 radical (unpaired) electrons. The molecule has 7 aromatic carbocycles. The Morgan fingerprint density at radius 2 is 1.21 bits per heavy atom. The molecule has 4 nitrogen and oxygen atoms in total. The van der Waals surface area contributed by atoms with Crippen LogP contribution in [0.3, 0.4) is 0 Å². The molecule has 1 aliphatic heterocycles. The van der Waals surface area contributed by atoms with Crippen molar-refractivity contribution in [2.75, 3.05) is 0 Å². The van der Waals surface area contributed by atoms with E-state index in [0.717, 1.165) is 28.2 Å². The molecule has 52 heavy (non-hydrogen) atoms. The van der Waals surface area contributed by atoms with Crippen LogP contribution in [-0.2, 0) is 5.41 Å². The second-order valence-electron chi connectivity index (χ2n) is 14.4. The number of fused-ring (bicyclic) bond motifs is 6. The average Bonchev–Trinajstić information content (AvgIpc) is 3.65. The monoisotopic (exact) mass is 669 g/mol. The number of rotatable bonds is 5. The van der Waals surface area contributed by atoms with Crippen LogP contribution < -0.4 is 5.32 Å². The minimum absolute atomic E-state index is 0.110. The lowest BCUT2D eigenvalue weighted by molar-refractivity contribution is 0.631. The summed E-state index contributed by atoms with van der Waals surface area (Å²) in [6.07, 6.45) is -0.541. The molecule has 0 spiro atoms. The molecule has 1 N–H and O–H groups in total. The van der Waals surface area contributed by atoms with E-state index in [0.29, 0.717) is 0 Å². The van der Waals surface area contributed by atoms with E-state index in [1.165, 1.54) is 55.2 Å². The number of hydrogen-bond acceptors (Lipinski definition) is 2. The van der Waals surface area contributed by atoms with Gasteiger partial charge in [0.15, 0.2) is 0 Å². The molecule has 2 aliphatic rings. The summed E-state index contributed by atoms with van der Waals surface area (Å²) in [6, 6.07) is 61.0. The topological polar surface area (TPSA) is 43.4 Å². The maximum Gasteiger partial charge on any atom is 0.126 e. The predicted molar refractivity (Wildman–Crippen MR) is 215 cm³/mol. The van der Waals surface area contributed by atoms with E-state index in [4.69, 9.17) is 10.3 Å². The number of nitrogens with zero attached hydrogens (tertiary/aromatic N) is 3. The quantitative estimate of drug-likeness (QED) is 0.195. The Morgan fingerprint density at radius 3 is 2.00 bits per heavy atom. The molecule has 10 rings (SSSR count). The number of hydrogen-bond donors (Lipinski definition) is 1. The first-order chi connectivity index (χ1) is 25.5. The normalized spacial score (nSPS) is 17.4. The molecular formula is C48H37N4-. The first-order valence-corrected chi connectivity index (χ1v) is 18.1. The van der Waals surface area contributed by atoms with Crippen LogP contribution in [0.2, 0.25) is 0 Å². The number of aliphatic imine (C=N–C) groups is 1. The van der Waals surface area contributed by atoms with Crippen molar-refractivity contribution in [2.45, 2.75) is 31.6 Å². The molecule has 1 aromatic heterocycles. The zero-order valence-electron chi connectivity index (χ0n) is 29.2. The SMILES string of the molecule is CC1(C)c2ccccc2-c2cc3c4cc(-c5ccccc5)ccc4n(-c4cccc(C5=NC(c6ccccc6)[N-]C(c6ccccc6)N5)c4)c3cc21. The minimum Gasteiger partial charge on any atom is -0.613 e. The first-order valence-electron chi connectivity index (χ1n) is 18.1. The highest BCUT2D eigenvalue weighted by molar-refractivity contribution is 6.13. The van der Waals surface area contributed by atoms with Crippen molar-refractivity contribution in [1.29, 1.82) is 0 Å². The smallest absolute Gasteiger partial charge is 0.126 e. The molecule has 2 atom stereocenters. The average molecular weight is 670 g/mol. The van der Waals surface area contributed by atoms with E-state index >= 15 is 0 Å². The summed E-state index contributed by atoms with van der Waals surface area (Å²) in [7, 11) is 0. The summed E-state index contributed by atoms with van der Waals surface area (Å²) in [5.41, 5.74) is 14.4. The maximum absolute atomic E-state index is 5.21. The Bertz CT molecular complexity index is 2650. The summed E-state index contributed by atoms with van der Waals surface area (Å²) in [6.45, 7) is 4.71. The molecule has 2 unspecified atom stereocenters. The van der Waals surface area contributed by atoms with Gasteiger partial charge in [0, 0.05) is 27.4 Å². The lowest BCUT2D eigenvalue weighted by Crippen LogP contribution is -2.34. The zero-order valence-corrected chi connectivity index (χ0v) is 29.2. The van der Waals surface area contributed by atoms with Crippen molar-refractivity contribution in [3.8, 4) is 27.9 Å². The summed E-state index contributed by atoms with van der Waals surface area (Å²) in [4.78, 5) is 5.21. The highest BCUT2D eigenvalue weighted by Crippen LogP contribution is 2.51. The number of aromatic nitrogens is 1. The van der Waals surface area contributed by atoms with Crippen LogP contribution in [-0.4, -0.2) is 10.4 Å².